The largest absolute Gasteiger partial charge is 0.493 e. The number of furan rings is 1. The summed E-state index contributed by atoms with van der Waals surface area (Å²) in [6.45, 7) is 5.25. The van der Waals surface area contributed by atoms with Crippen molar-refractivity contribution in [3.8, 4) is 5.75 Å². The fourth-order valence-electron chi connectivity index (χ4n) is 1.92. The minimum Gasteiger partial charge on any atom is -0.493 e. The molecular weight excluding hydrogens is 242 g/mol. The molecule has 1 aromatic heterocycles. The fourth-order valence-corrected chi connectivity index (χ4v) is 1.92. The number of amides is 1. The van der Waals surface area contributed by atoms with Gasteiger partial charge in [0.15, 0.2) is 0 Å². The van der Waals surface area contributed by atoms with E-state index in [0.29, 0.717) is 30.0 Å². The van der Waals surface area contributed by atoms with E-state index in [0.717, 1.165) is 18.2 Å². The number of rotatable bonds is 6. The fraction of sp³-hybridized carbons (Fsp3) is 0.400. The molecule has 0 fully saturated rings. The first kappa shape index (κ1) is 13.5. The normalized spacial score (nSPS) is 10.6. The Morgan fingerprint density at radius 3 is 2.95 bits per heavy atom. The predicted octanol–water partition coefficient (Wildman–Crippen LogP) is 3.36. The number of carbonyl (C=O) groups is 1. The van der Waals surface area contributed by atoms with Crippen LogP contribution in [0.2, 0.25) is 0 Å². The van der Waals surface area contributed by atoms with Crippen LogP contribution in [0.5, 0.6) is 5.75 Å². The van der Waals surface area contributed by atoms with Crippen molar-refractivity contribution in [1.82, 2.24) is 5.32 Å². The van der Waals surface area contributed by atoms with Gasteiger partial charge in [0.25, 0.3) is 5.91 Å². The van der Waals surface area contributed by atoms with Crippen LogP contribution in [0.15, 0.2) is 28.9 Å². The first-order chi connectivity index (χ1) is 9.26. The van der Waals surface area contributed by atoms with Gasteiger partial charge in [-0.3, -0.25) is 4.79 Å². The lowest BCUT2D eigenvalue weighted by molar-refractivity contribution is 0.0952. The molecule has 0 bridgehead atoms. The summed E-state index contributed by atoms with van der Waals surface area (Å²) >= 11 is 0. The summed E-state index contributed by atoms with van der Waals surface area (Å²) in [4.78, 5) is 12.0. The van der Waals surface area contributed by atoms with Gasteiger partial charge in [0.1, 0.15) is 11.3 Å². The highest BCUT2D eigenvalue weighted by molar-refractivity contribution is 5.99. The summed E-state index contributed by atoms with van der Waals surface area (Å²) in [6.07, 6.45) is 3.64. The lowest BCUT2D eigenvalue weighted by Crippen LogP contribution is -2.24. The molecule has 1 heterocycles. The molecule has 0 saturated carbocycles. The monoisotopic (exact) mass is 261 g/mol. The van der Waals surface area contributed by atoms with Crippen molar-refractivity contribution < 1.29 is 13.9 Å². The van der Waals surface area contributed by atoms with Crippen LogP contribution in [-0.4, -0.2) is 19.1 Å². The van der Waals surface area contributed by atoms with Crippen LogP contribution in [0.1, 0.15) is 37.0 Å². The summed E-state index contributed by atoms with van der Waals surface area (Å²) in [7, 11) is 0. The molecule has 4 nitrogen and oxygen atoms in total. The quantitative estimate of drug-likeness (QED) is 0.811. The number of fused-ring (bicyclic) bond motifs is 1. The molecule has 1 amide bonds. The zero-order valence-corrected chi connectivity index (χ0v) is 11.4. The van der Waals surface area contributed by atoms with Crippen molar-refractivity contribution in [2.75, 3.05) is 13.2 Å². The van der Waals surface area contributed by atoms with Gasteiger partial charge in [0.05, 0.1) is 18.3 Å². The Kier molecular flexibility index (Phi) is 4.44. The second-order valence-corrected chi connectivity index (χ2v) is 4.35. The lowest BCUT2D eigenvalue weighted by Gasteiger charge is -2.08. The Bertz CT molecular complexity index is 560. The van der Waals surface area contributed by atoms with Gasteiger partial charge in [-0.1, -0.05) is 13.3 Å². The van der Waals surface area contributed by atoms with E-state index in [4.69, 9.17) is 9.15 Å². The molecule has 19 heavy (non-hydrogen) atoms. The summed E-state index contributed by atoms with van der Waals surface area (Å²) in [5.74, 6) is 0.599. The standard InChI is InChI=1S/C15H19NO3/c1-3-5-7-16-15(17)11-9-13(18-4-2)12-6-8-19-14(12)10-11/h6,8-10H,3-5,7H2,1-2H3,(H,16,17). The average molecular weight is 261 g/mol. The Labute approximate surface area is 112 Å². The van der Waals surface area contributed by atoms with Gasteiger partial charge in [0.2, 0.25) is 0 Å². The number of hydrogen-bond donors (Lipinski definition) is 1. The first-order valence-electron chi connectivity index (χ1n) is 6.68. The molecule has 0 unspecified atom stereocenters. The number of hydrogen-bond acceptors (Lipinski definition) is 3. The predicted molar refractivity (Wildman–Crippen MR) is 74.6 cm³/mol. The Hall–Kier alpha value is -1.97. The zero-order valence-electron chi connectivity index (χ0n) is 11.4. The molecule has 1 aromatic carbocycles. The van der Waals surface area contributed by atoms with Crippen molar-refractivity contribution in [1.29, 1.82) is 0 Å². The first-order valence-corrected chi connectivity index (χ1v) is 6.68. The Morgan fingerprint density at radius 1 is 1.37 bits per heavy atom. The smallest absolute Gasteiger partial charge is 0.251 e. The molecule has 2 aromatic rings. The van der Waals surface area contributed by atoms with Gasteiger partial charge in [-0.2, -0.15) is 0 Å². The molecule has 0 radical (unpaired) electrons. The minimum absolute atomic E-state index is 0.0901. The van der Waals surface area contributed by atoms with Gasteiger partial charge >= 0.3 is 0 Å². The van der Waals surface area contributed by atoms with Crippen LogP contribution in [0.25, 0.3) is 11.0 Å². The third-order valence-electron chi connectivity index (χ3n) is 2.91. The third-order valence-corrected chi connectivity index (χ3v) is 2.91. The highest BCUT2D eigenvalue weighted by atomic mass is 16.5. The van der Waals surface area contributed by atoms with E-state index >= 15 is 0 Å². The van der Waals surface area contributed by atoms with Crippen molar-refractivity contribution in [2.45, 2.75) is 26.7 Å². The molecule has 4 heteroatoms. The van der Waals surface area contributed by atoms with E-state index < -0.39 is 0 Å². The van der Waals surface area contributed by atoms with Crippen molar-refractivity contribution >= 4 is 16.9 Å². The van der Waals surface area contributed by atoms with E-state index in [-0.39, 0.29) is 5.91 Å². The van der Waals surface area contributed by atoms with Crippen LogP contribution in [0.3, 0.4) is 0 Å². The highest BCUT2D eigenvalue weighted by Gasteiger charge is 2.12. The molecule has 0 aliphatic carbocycles. The van der Waals surface area contributed by atoms with Gasteiger partial charge in [0, 0.05) is 12.1 Å². The second kappa shape index (κ2) is 6.27. The van der Waals surface area contributed by atoms with E-state index in [9.17, 15) is 4.79 Å². The maximum Gasteiger partial charge on any atom is 0.251 e. The Balaban J connectivity index is 2.25. The summed E-state index contributed by atoms with van der Waals surface area (Å²) in [5, 5.41) is 3.79. The number of ether oxygens (including phenoxy) is 1. The van der Waals surface area contributed by atoms with Crippen LogP contribution in [0, 0.1) is 0 Å². The maximum atomic E-state index is 12.0. The van der Waals surface area contributed by atoms with Gasteiger partial charge < -0.3 is 14.5 Å². The van der Waals surface area contributed by atoms with Gasteiger partial charge in [-0.25, -0.2) is 0 Å². The van der Waals surface area contributed by atoms with E-state index in [1.807, 2.05) is 13.0 Å². The second-order valence-electron chi connectivity index (χ2n) is 4.35. The molecule has 2 rings (SSSR count). The van der Waals surface area contributed by atoms with Crippen LogP contribution < -0.4 is 10.1 Å². The maximum absolute atomic E-state index is 12.0. The molecule has 1 N–H and O–H groups in total. The summed E-state index contributed by atoms with van der Waals surface area (Å²) < 4.78 is 10.9. The average Bonchev–Trinajstić information content (AvgIpc) is 2.87. The van der Waals surface area contributed by atoms with E-state index in [1.165, 1.54) is 0 Å². The van der Waals surface area contributed by atoms with Crippen LogP contribution in [0.4, 0.5) is 0 Å². The molecule has 102 valence electrons. The van der Waals surface area contributed by atoms with E-state index in [1.54, 1.807) is 18.4 Å². The number of unbranched alkanes of at least 4 members (excludes halogenated alkanes) is 1. The zero-order chi connectivity index (χ0) is 13.7. The van der Waals surface area contributed by atoms with Gasteiger partial charge in [-0.15, -0.1) is 0 Å². The highest BCUT2D eigenvalue weighted by Crippen LogP contribution is 2.28. The molecule has 0 spiro atoms. The molecule has 0 aliphatic heterocycles. The van der Waals surface area contributed by atoms with E-state index in [2.05, 4.69) is 12.2 Å². The SMILES string of the molecule is CCCCNC(=O)c1cc(OCC)c2ccoc2c1. The molecule has 0 saturated heterocycles. The molecule has 0 atom stereocenters. The van der Waals surface area contributed by atoms with Crippen molar-refractivity contribution in [3.05, 3.63) is 30.0 Å². The topological polar surface area (TPSA) is 51.5 Å². The minimum atomic E-state index is -0.0901. The Morgan fingerprint density at radius 2 is 2.21 bits per heavy atom. The lowest BCUT2D eigenvalue weighted by atomic mass is 10.1. The molecular formula is C15H19NO3. The van der Waals surface area contributed by atoms with Crippen LogP contribution in [-0.2, 0) is 0 Å². The summed E-state index contributed by atoms with van der Waals surface area (Å²) in [5.41, 5.74) is 1.24. The summed E-state index contributed by atoms with van der Waals surface area (Å²) in [6, 6.07) is 5.36. The van der Waals surface area contributed by atoms with Crippen LogP contribution >= 0.6 is 0 Å². The van der Waals surface area contributed by atoms with Crippen molar-refractivity contribution in [3.63, 3.8) is 0 Å². The number of nitrogens with one attached hydrogen (secondary N) is 1. The number of benzene rings is 1. The number of carbonyl (C=O) groups excluding carboxylic acids is 1. The molecule has 0 aliphatic rings. The third kappa shape index (κ3) is 3.08. The van der Waals surface area contributed by atoms with Crippen molar-refractivity contribution in [2.24, 2.45) is 0 Å². The van der Waals surface area contributed by atoms with Gasteiger partial charge in [-0.05, 0) is 31.5 Å².